The Morgan fingerprint density at radius 1 is 0.944 bits per heavy atom. The number of hydrogen-bond donors (Lipinski definition) is 3. The van der Waals surface area contributed by atoms with Crippen molar-refractivity contribution in [2.45, 2.75) is 18.7 Å². The zero-order chi connectivity index (χ0) is 25.7. The summed E-state index contributed by atoms with van der Waals surface area (Å²) in [7, 11) is -3.76. The molecule has 0 saturated carbocycles. The SMILES string of the molecule is Cc1ccc(NS(=O)(=O)c2ccc(OCC(=O)Nc3cccc(-c4nc(C)cc(=O)[nH]4)c3)cc2)cc1. The maximum atomic E-state index is 12.6. The fourth-order valence-electron chi connectivity index (χ4n) is 3.36. The van der Waals surface area contributed by atoms with Gasteiger partial charge in [0.25, 0.3) is 21.5 Å². The van der Waals surface area contributed by atoms with Gasteiger partial charge in [-0.15, -0.1) is 0 Å². The minimum atomic E-state index is -3.76. The van der Waals surface area contributed by atoms with Crippen molar-refractivity contribution < 1.29 is 17.9 Å². The predicted octanol–water partition coefficient (Wildman–Crippen LogP) is 3.87. The van der Waals surface area contributed by atoms with E-state index >= 15 is 0 Å². The summed E-state index contributed by atoms with van der Waals surface area (Å²) in [6, 6.07) is 21.1. The highest BCUT2D eigenvalue weighted by Crippen LogP contribution is 2.21. The van der Waals surface area contributed by atoms with Crippen molar-refractivity contribution >= 4 is 27.3 Å². The van der Waals surface area contributed by atoms with Crippen LogP contribution in [0.3, 0.4) is 0 Å². The van der Waals surface area contributed by atoms with Crippen LogP contribution >= 0.6 is 0 Å². The number of rotatable bonds is 8. The number of amides is 1. The molecule has 1 amide bonds. The number of sulfonamides is 1. The maximum Gasteiger partial charge on any atom is 0.262 e. The van der Waals surface area contributed by atoms with Crippen LogP contribution < -0.4 is 20.3 Å². The summed E-state index contributed by atoms with van der Waals surface area (Å²) in [5.41, 5.74) is 2.97. The van der Waals surface area contributed by atoms with Crippen LogP contribution in [0.1, 0.15) is 11.3 Å². The highest BCUT2D eigenvalue weighted by molar-refractivity contribution is 7.92. The number of ether oxygens (including phenoxy) is 1. The van der Waals surface area contributed by atoms with E-state index in [0.29, 0.717) is 34.2 Å². The second-order valence-electron chi connectivity index (χ2n) is 8.10. The number of aromatic amines is 1. The number of carbonyl (C=O) groups is 1. The summed E-state index contributed by atoms with van der Waals surface area (Å²) in [6.07, 6.45) is 0. The maximum absolute atomic E-state index is 12.6. The molecule has 0 aliphatic heterocycles. The van der Waals surface area contributed by atoms with Gasteiger partial charge in [-0.3, -0.25) is 14.3 Å². The fraction of sp³-hybridized carbons (Fsp3) is 0.115. The van der Waals surface area contributed by atoms with Gasteiger partial charge in [-0.05, 0) is 62.4 Å². The molecule has 4 rings (SSSR count). The number of H-pyrrole nitrogens is 1. The lowest BCUT2D eigenvalue weighted by Gasteiger charge is -2.11. The summed E-state index contributed by atoms with van der Waals surface area (Å²) >= 11 is 0. The second-order valence-corrected chi connectivity index (χ2v) is 9.78. The molecule has 3 aromatic carbocycles. The van der Waals surface area contributed by atoms with Crippen LogP contribution in [0.4, 0.5) is 11.4 Å². The van der Waals surface area contributed by atoms with Gasteiger partial charge in [-0.25, -0.2) is 13.4 Å². The number of nitrogens with one attached hydrogen (secondary N) is 3. The Hall–Kier alpha value is -4.44. The quantitative estimate of drug-likeness (QED) is 0.334. The fourth-order valence-corrected chi connectivity index (χ4v) is 4.42. The molecule has 1 aromatic heterocycles. The molecule has 0 spiro atoms. The van der Waals surface area contributed by atoms with Crippen molar-refractivity contribution in [2.24, 2.45) is 0 Å². The number of benzene rings is 3. The minimum absolute atomic E-state index is 0.0690. The Balaban J connectivity index is 1.35. The lowest BCUT2D eigenvalue weighted by atomic mass is 10.2. The average Bonchev–Trinajstić information content (AvgIpc) is 2.84. The van der Waals surface area contributed by atoms with Crippen molar-refractivity contribution in [1.82, 2.24) is 9.97 Å². The van der Waals surface area contributed by atoms with Gasteiger partial charge in [0.05, 0.1) is 4.90 Å². The van der Waals surface area contributed by atoms with E-state index < -0.39 is 15.9 Å². The molecule has 0 bridgehead atoms. The molecule has 9 nitrogen and oxygen atoms in total. The van der Waals surface area contributed by atoms with E-state index in [4.69, 9.17) is 4.74 Å². The van der Waals surface area contributed by atoms with E-state index in [2.05, 4.69) is 20.0 Å². The first-order valence-corrected chi connectivity index (χ1v) is 12.5. The van der Waals surface area contributed by atoms with E-state index in [-0.39, 0.29) is 17.1 Å². The van der Waals surface area contributed by atoms with E-state index in [9.17, 15) is 18.0 Å². The van der Waals surface area contributed by atoms with Gasteiger partial charge in [0, 0.05) is 28.7 Å². The third-order valence-electron chi connectivity index (χ3n) is 5.10. The van der Waals surface area contributed by atoms with E-state index in [1.807, 2.05) is 19.1 Å². The third-order valence-corrected chi connectivity index (χ3v) is 6.49. The second kappa shape index (κ2) is 10.4. The molecule has 0 aliphatic carbocycles. The van der Waals surface area contributed by atoms with E-state index in [0.717, 1.165) is 5.56 Å². The predicted molar refractivity (Wildman–Crippen MR) is 138 cm³/mol. The lowest BCUT2D eigenvalue weighted by Crippen LogP contribution is -2.20. The number of aryl methyl sites for hydroxylation is 2. The Morgan fingerprint density at radius 3 is 2.36 bits per heavy atom. The van der Waals surface area contributed by atoms with Crippen LogP contribution in [0.2, 0.25) is 0 Å². The first-order valence-electron chi connectivity index (χ1n) is 11.0. The van der Waals surface area contributed by atoms with Gasteiger partial charge in [-0.1, -0.05) is 29.8 Å². The molecule has 0 atom stereocenters. The molecule has 4 aromatic rings. The first kappa shape index (κ1) is 24.7. The molecule has 3 N–H and O–H groups in total. The van der Waals surface area contributed by atoms with Gasteiger partial charge < -0.3 is 15.0 Å². The van der Waals surface area contributed by atoms with Crippen LogP contribution in [-0.4, -0.2) is 30.9 Å². The van der Waals surface area contributed by atoms with Crippen molar-refractivity contribution in [1.29, 1.82) is 0 Å². The Bertz CT molecular complexity index is 1550. The zero-order valence-corrected chi connectivity index (χ0v) is 20.4. The highest BCUT2D eigenvalue weighted by Gasteiger charge is 2.14. The topological polar surface area (TPSA) is 130 Å². The highest BCUT2D eigenvalue weighted by atomic mass is 32.2. The zero-order valence-electron chi connectivity index (χ0n) is 19.6. The van der Waals surface area contributed by atoms with Gasteiger partial charge >= 0.3 is 0 Å². The van der Waals surface area contributed by atoms with Crippen LogP contribution in [-0.2, 0) is 14.8 Å². The molecule has 0 fully saturated rings. The number of nitrogens with zero attached hydrogens (tertiary/aromatic N) is 1. The van der Waals surface area contributed by atoms with Crippen molar-refractivity contribution in [3.63, 3.8) is 0 Å². The first-order chi connectivity index (χ1) is 17.2. The molecule has 0 saturated heterocycles. The summed E-state index contributed by atoms with van der Waals surface area (Å²) in [4.78, 5) is 31.1. The molecular formula is C26H24N4O5S. The van der Waals surface area contributed by atoms with Gasteiger partial charge in [0.2, 0.25) is 0 Å². The largest absolute Gasteiger partial charge is 0.484 e. The number of carbonyl (C=O) groups excluding carboxylic acids is 1. The van der Waals surface area contributed by atoms with Gasteiger partial charge in [-0.2, -0.15) is 0 Å². The number of hydrogen-bond acceptors (Lipinski definition) is 6. The molecule has 36 heavy (non-hydrogen) atoms. The van der Waals surface area contributed by atoms with Gasteiger partial charge in [0.15, 0.2) is 6.61 Å². The summed E-state index contributed by atoms with van der Waals surface area (Å²) < 4.78 is 33.2. The van der Waals surface area contributed by atoms with E-state index in [1.54, 1.807) is 43.3 Å². The summed E-state index contributed by atoms with van der Waals surface area (Å²) in [6.45, 7) is 3.36. The van der Waals surface area contributed by atoms with Crippen molar-refractivity contribution in [3.8, 4) is 17.1 Å². The van der Waals surface area contributed by atoms with Crippen molar-refractivity contribution in [3.05, 3.63) is 100 Å². The molecule has 1 heterocycles. The smallest absolute Gasteiger partial charge is 0.262 e. The molecule has 0 aliphatic rings. The monoisotopic (exact) mass is 504 g/mol. The van der Waals surface area contributed by atoms with Crippen LogP contribution in [0.15, 0.2) is 88.6 Å². The number of aromatic nitrogens is 2. The standard InChI is InChI=1S/C26H24N4O5S/c1-17-6-8-20(9-7-17)30-36(33,34)23-12-10-22(11-13-23)35-16-25(32)28-21-5-3-4-19(15-21)26-27-18(2)14-24(31)29-26/h3-15,30H,16H2,1-2H3,(H,28,32)(H,27,29,31). The summed E-state index contributed by atoms with van der Waals surface area (Å²) in [5, 5.41) is 2.73. The molecular weight excluding hydrogens is 480 g/mol. The minimum Gasteiger partial charge on any atom is -0.484 e. The average molecular weight is 505 g/mol. The Morgan fingerprint density at radius 2 is 1.67 bits per heavy atom. The number of anilines is 2. The molecule has 0 radical (unpaired) electrons. The van der Waals surface area contributed by atoms with Crippen LogP contribution in [0, 0.1) is 13.8 Å². The van der Waals surface area contributed by atoms with Gasteiger partial charge in [0.1, 0.15) is 11.6 Å². The van der Waals surface area contributed by atoms with Crippen LogP contribution in [0.5, 0.6) is 5.75 Å². The molecule has 10 heteroatoms. The third kappa shape index (κ3) is 6.36. The van der Waals surface area contributed by atoms with Crippen molar-refractivity contribution in [2.75, 3.05) is 16.6 Å². The Kier molecular flexibility index (Phi) is 7.16. The lowest BCUT2D eigenvalue weighted by molar-refractivity contribution is -0.118. The molecule has 184 valence electrons. The Labute approximate surface area is 208 Å². The molecule has 0 unspecified atom stereocenters. The summed E-state index contributed by atoms with van der Waals surface area (Å²) in [5.74, 6) is 0.338. The van der Waals surface area contributed by atoms with Crippen LogP contribution in [0.25, 0.3) is 11.4 Å². The van der Waals surface area contributed by atoms with E-state index in [1.165, 1.54) is 30.3 Å². The normalized spacial score (nSPS) is 11.1.